The molecule has 1 saturated heterocycles. The second-order valence-corrected chi connectivity index (χ2v) is 6.21. The van der Waals surface area contributed by atoms with Crippen LogP contribution in [0.2, 0.25) is 5.02 Å². The van der Waals surface area contributed by atoms with Gasteiger partial charge in [0.15, 0.2) is 0 Å². The molecule has 1 aliphatic rings. The number of hydrogen-bond donors (Lipinski definition) is 2. The van der Waals surface area contributed by atoms with E-state index in [-0.39, 0.29) is 10.6 Å². The first-order valence-corrected chi connectivity index (χ1v) is 7.56. The summed E-state index contributed by atoms with van der Waals surface area (Å²) in [5, 5.41) is 11.8. The van der Waals surface area contributed by atoms with Crippen molar-refractivity contribution in [2.24, 2.45) is 0 Å². The summed E-state index contributed by atoms with van der Waals surface area (Å²) < 4.78 is 13.1. The molecule has 20 heavy (non-hydrogen) atoms. The Hall–Kier alpha value is -1.27. The van der Waals surface area contributed by atoms with Gasteiger partial charge in [0.25, 0.3) is 5.91 Å². The van der Waals surface area contributed by atoms with Crippen molar-refractivity contribution in [3.63, 3.8) is 0 Å². The average molecular weight is 318 g/mol. The minimum absolute atomic E-state index is 0.148. The summed E-state index contributed by atoms with van der Waals surface area (Å²) in [6.45, 7) is 0. The molecule has 0 aromatic heterocycles. The lowest BCUT2D eigenvalue weighted by molar-refractivity contribution is -0.144. The van der Waals surface area contributed by atoms with Gasteiger partial charge in [-0.3, -0.25) is 4.79 Å². The lowest BCUT2D eigenvalue weighted by Gasteiger charge is -2.33. The van der Waals surface area contributed by atoms with E-state index in [1.54, 1.807) is 11.8 Å². The third-order valence-electron chi connectivity index (χ3n) is 3.29. The van der Waals surface area contributed by atoms with Gasteiger partial charge in [0.05, 0.1) is 5.02 Å². The van der Waals surface area contributed by atoms with E-state index in [0.717, 1.165) is 6.07 Å². The van der Waals surface area contributed by atoms with Crippen molar-refractivity contribution in [3.8, 4) is 0 Å². The fourth-order valence-electron chi connectivity index (χ4n) is 2.04. The van der Waals surface area contributed by atoms with E-state index < -0.39 is 23.2 Å². The van der Waals surface area contributed by atoms with Crippen LogP contribution in [0, 0.1) is 5.82 Å². The molecular formula is C13H13ClFNO3S. The summed E-state index contributed by atoms with van der Waals surface area (Å²) >= 11 is 7.28. The van der Waals surface area contributed by atoms with Crippen molar-refractivity contribution < 1.29 is 19.1 Å². The first-order chi connectivity index (χ1) is 9.44. The normalized spacial score (nSPS) is 17.5. The van der Waals surface area contributed by atoms with Gasteiger partial charge in [0, 0.05) is 5.56 Å². The molecule has 0 unspecified atom stereocenters. The van der Waals surface area contributed by atoms with Crippen LogP contribution < -0.4 is 5.32 Å². The SMILES string of the molecule is O=C(NC1(C(=O)O)CCSCC1)c1ccc(F)c(Cl)c1. The maximum absolute atomic E-state index is 13.1. The molecule has 1 heterocycles. The van der Waals surface area contributed by atoms with Crippen LogP contribution in [0.5, 0.6) is 0 Å². The molecule has 4 nitrogen and oxygen atoms in total. The number of thioether (sulfide) groups is 1. The summed E-state index contributed by atoms with van der Waals surface area (Å²) in [5.74, 6) is -0.862. The van der Waals surface area contributed by atoms with Gasteiger partial charge in [-0.15, -0.1) is 0 Å². The van der Waals surface area contributed by atoms with Gasteiger partial charge in [0.1, 0.15) is 11.4 Å². The highest BCUT2D eigenvalue weighted by molar-refractivity contribution is 7.99. The van der Waals surface area contributed by atoms with Gasteiger partial charge in [-0.05, 0) is 42.5 Å². The molecule has 0 atom stereocenters. The molecule has 2 N–H and O–H groups in total. The van der Waals surface area contributed by atoms with E-state index in [1.165, 1.54) is 12.1 Å². The topological polar surface area (TPSA) is 66.4 Å². The van der Waals surface area contributed by atoms with Crippen molar-refractivity contribution in [2.45, 2.75) is 18.4 Å². The number of benzene rings is 1. The largest absolute Gasteiger partial charge is 0.480 e. The Morgan fingerprint density at radius 1 is 1.35 bits per heavy atom. The molecule has 2 rings (SSSR count). The van der Waals surface area contributed by atoms with Crippen molar-refractivity contribution >= 4 is 35.2 Å². The quantitative estimate of drug-likeness (QED) is 0.899. The van der Waals surface area contributed by atoms with E-state index in [1.807, 2.05) is 0 Å². The third kappa shape index (κ3) is 3.07. The third-order valence-corrected chi connectivity index (χ3v) is 4.57. The van der Waals surface area contributed by atoms with Gasteiger partial charge in [-0.1, -0.05) is 11.6 Å². The number of carbonyl (C=O) groups excluding carboxylic acids is 1. The second-order valence-electron chi connectivity index (χ2n) is 4.58. The predicted octanol–water partition coefficient (Wildman–Crippen LogP) is 2.56. The Morgan fingerprint density at radius 3 is 2.55 bits per heavy atom. The predicted molar refractivity (Wildman–Crippen MR) is 75.8 cm³/mol. The molecule has 0 spiro atoms. The van der Waals surface area contributed by atoms with Crippen LogP contribution in [0.3, 0.4) is 0 Å². The van der Waals surface area contributed by atoms with Gasteiger partial charge in [-0.2, -0.15) is 11.8 Å². The fraction of sp³-hybridized carbons (Fsp3) is 0.385. The number of aliphatic carboxylic acids is 1. The number of hydrogen-bond acceptors (Lipinski definition) is 3. The number of carboxylic acid groups (broad SMARTS) is 1. The Balaban J connectivity index is 2.20. The first-order valence-electron chi connectivity index (χ1n) is 6.03. The van der Waals surface area contributed by atoms with E-state index in [9.17, 15) is 19.1 Å². The summed E-state index contributed by atoms with van der Waals surface area (Å²) in [6.07, 6.45) is 0.737. The van der Waals surface area contributed by atoms with Gasteiger partial charge < -0.3 is 10.4 Å². The molecule has 108 valence electrons. The van der Waals surface area contributed by atoms with E-state index in [4.69, 9.17) is 11.6 Å². The molecular weight excluding hydrogens is 305 g/mol. The molecule has 1 aromatic rings. The monoisotopic (exact) mass is 317 g/mol. The fourth-order valence-corrected chi connectivity index (χ4v) is 3.41. The molecule has 0 aliphatic carbocycles. The number of carbonyl (C=O) groups is 2. The summed E-state index contributed by atoms with van der Waals surface area (Å²) in [7, 11) is 0. The Bertz CT molecular complexity index is 546. The maximum atomic E-state index is 13.1. The van der Waals surface area contributed by atoms with Crippen molar-refractivity contribution in [1.29, 1.82) is 0 Å². The summed E-state index contributed by atoms with van der Waals surface area (Å²) in [4.78, 5) is 23.6. The molecule has 1 amide bonds. The van der Waals surface area contributed by atoms with Gasteiger partial charge in [-0.25, -0.2) is 9.18 Å². The van der Waals surface area contributed by atoms with Crippen LogP contribution in [0.25, 0.3) is 0 Å². The van der Waals surface area contributed by atoms with Crippen molar-refractivity contribution in [3.05, 3.63) is 34.6 Å². The highest BCUT2D eigenvalue weighted by Crippen LogP contribution is 2.28. The minimum atomic E-state index is -1.25. The summed E-state index contributed by atoms with van der Waals surface area (Å²) in [6, 6.07) is 3.56. The van der Waals surface area contributed by atoms with Crippen LogP contribution in [0.4, 0.5) is 4.39 Å². The van der Waals surface area contributed by atoms with E-state index >= 15 is 0 Å². The minimum Gasteiger partial charge on any atom is -0.480 e. The standard InChI is InChI=1S/C13H13ClFNO3S/c14-9-7-8(1-2-10(9)15)11(17)16-13(12(18)19)3-5-20-6-4-13/h1-2,7H,3-6H2,(H,16,17)(H,18,19). The average Bonchev–Trinajstić information content (AvgIpc) is 2.42. The molecule has 0 bridgehead atoms. The van der Waals surface area contributed by atoms with Gasteiger partial charge >= 0.3 is 5.97 Å². The zero-order chi connectivity index (χ0) is 14.8. The number of halogens is 2. The van der Waals surface area contributed by atoms with Crippen LogP contribution in [0.15, 0.2) is 18.2 Å². The van der Waals surface area contributed by atoms with E-state index in [0.29, 0.717) is 24.3 Å². The molecule has 0 radical (unpaired) electrons. The lowest BCUT2D eigenvalue weighted by atomic mass is 9.92. The summed E-state index contributed by atoms with van der Waals surface area (Å²) in [5.41, 5.74) is -1.10. The lowest BCUT2D eigenvalue weighted by Crippen LogP contribution is -2.56. The zero-order valence-corrected chi connectivity index (χ0v) is 12.1. The first kappa shape index (κ1) is 15.1. The van der Waals surface area contributed by atoms with Crippen LogP contribution in [-0.4, -0.2) is 34.0 Å². The molecule has 7 heteroatoms. The Morgan fingerprint density at radius 2 is 2.00 bits per heavy atom. The van der Waals surface area contributed by atoms with Crippen LogP contribution in [-0.2, 0) is 4.79 Å². The molecule has 0 saturated carbocycles. The van der Waals surface area contributed by atoms with Crippen LogP contribution >= 0.6 is 23.4 Å². The molecule has 1 aromatic carbocycles. The molecule has 1 fully saturated rings. The highest BCUT2D eigenvalue weighted by Gasteiger charge is 2.41. The zero-order valence-electron chi connectivity index (χ0n) is 10.5. The number of carboxylic acids is 1. The number of amides is 1. The van der Waals surface area contributed by atoms with Crippen LogP contribution in [0.1, 0.15) is 23.2 Å². The number of rotatable bonds is 3. The smallest absolute Gasteiger partial charge is 0.329 e. The van der Waals surface area contributed by atoms with Crippen molar-refractivity contribution in [2.75, 3.05) is 11.5 Å². The highest BCUT2D eigenvalue weighted by atomic mass is 35.5. The second kappa shape index (κ2) is 6.01. The van der Waals surface area contributed by atoms with Gasteiger partial charge in [0.2, 0.25) is 0 Å². The number of nitrogens with one attached hydrogen (secondary N) is 1. The maximum Gasteiger partial charge on any atom is 0.329 e. The Kier molecular flexibility index (Phi) is 4.55. The molecule has 1 aliphatic heterocycles. The van der Waals surface area contributed by atoms with Crippen molar-refractivity contribution in [1.82, 2.24) is 5.32 Å². The van der Waals surface area contributed by atoms with E-state index in [2.05, 4.69) is 5.32 Å². The Labute approximate surface area is 124 Å².